The molecule has 1 amide bonds. The summed E-state index contributed by atoms with van der Waals surface area (Å²) in [7, 11) is 0. The van der Waals surface area contributed by atoms with Gasteiger partial charge >= 0.3 is 189 Å². The molecule has 0 saturated heterocycles. The molecular weight excluding hydrogens is 969 g/mol. The number of carboxylic acids is 1. The van der Waals surface area contributed by atoms with Crippen LogP contribution in [-0.2, 0) is 44.7 Å². The Morgan fingerprint density at radius 1 is 0.706 bits per heavy atom. The number of carboxylic acid groups (broad SMARTS) is 1. The number of carbonyl (C=O) groups is 5. The van der Waals surface area contributed by atoms with Crippen LogP contribution in [0.15, 0.2) is 18.2 Å². The Bertz CT molecular complexity index is 1580. The molecule has 0 radical (unpaired) electrons. The third kappa shape index (κ3) is 39.6. The summed E-state index contributed by atoms with van der Waals surface area (Å²) in [5.74, 6) is -0.803. The van der Waals surface area contributed by atoms with Crippen LogP contribution in [0.1, 0.15) is 193 Å². The van der Waals surface area contributed by atoms with Crippen molar-refractivity contribution >= 4 is 57.6 Å². The molecule has 0 bridgehead atoms. The van der Waals surface area contributed by atoms with E-state index in [2.05, 4.69) is 47.0 Å². The van der Waals surface area contributed by atoms with Crippen LogP contribution < -0.4 is 14.6 Å². The second kappa shape index (κ2) is 35.8. The van der Waals surface area contributed by atoms with Crippen LogP contribution in [-0.4, -0.2) is 124 Å². The smallest absolute Gasteiger partial charge is 0.320 e. The molecule has 5 N–H and O–H groups in total. The maximum absolute atomic E-state index is 12.8. The van der Waals surface area contributed by atoms with Gasteiger partial charge in [0.15, 0.2) is 0 Å². The molecule has 0 saturated carbocycles. The normalized spacial score (nSPS) is 12.5. The zero-order valence-electron chi connectivity index (χ0n) is 46.6. The van der Waals surface area contributed by atoms with Gasteiger partial charge in [0, 0.05) is 12.8 Å². The molecule has 0 heterocycles. The number of hydrogen-bond donors (Lipinski definition) is 4. The summed E-state index contributed by atoms with van der Waals surface area (Å²) in [6.45, 7) is 33.9. The number of rotatable bonds is 25. The van der Waals surface area contributed by atoms with Crippen LogP contribution in [0, 0.1) is 11.3 Å². The van der Waals surface area contributed by atoms with Gasteiger partial charge in [0.2, 0.25) is 0 Å². The number of carbonyl (C=O) groups excluding carboxylic acids is 4. The van der Waals surface area contributed by atoms with E-state index >= 15 is 0 Å². The number of esters is 3. The molecule has 1 aromatic rings. The second-order valence-corrected chi connectivity index (χ2v) is 36.0. The van der Waals surface area contributed by atoms with Crippen LogP contribution in [0.5, 0.6) is 0 Å². The molecule has 2 atom stereocenters. The van der Waals surface area contributed by atoms with Gasteiger partial charge < -0.3 is 14.2 Å². The summed E-state index contributed by atoms with van der Waals surface area (Å²) in [5.41, 5.74) is 6.08. The molecule has 0 fully saturated rings. The van der Waals surface area contributed by atoms with E-state index in [4.69, 9.17) is 25.4 Å². The number of benzene rings is 1. The molecule has 0 aliphatic carbocycles. The fourth-order valence-electron chi connectivity index (χ4n) is 6.30. The molecule has 68 heavy (non-hydrogen) atoms. The molecule has 0 aromatic heterocycles. The van der Waals surface area contributed by atoms with E-state index < -0.39 is 36.0 Å². The fourth-order valence-corrected chi connectivity index (χ4v) is 9.74. The summed E-state index contributed by atoms with van der Waals surface area (Å²) in [4.78, 5) is 69.4. The van der Waals surface area contributed by atoms with Gasteiger partial charge in [-0.3, -0.25) is 19.3 Å². The summed E-state index contributed by atoms with van der Waals surface area (Å²) in [5, 5.41) is 20.8. The largest absolute Gasteiger partial charge is 0.459 e. The van der Waals surface area contributed by atoms with E-state index in [0.717, 1.165) is 24.3 Å². The number of amidine groups is 1. The summed E-state index contributed by atoms with van der Waals surface area (Å²) < 4.78 is 16.6. The Morgan fingerprint density at radius 2 is 1.21 bits per heavy atom. The van der Waals surface area contributed by atoms with Crippen molar-refractivity contribution in [3.8, 4) is 0 Å². The Hall–Kier alpha value is -3.24. The van der Waals surface area contributed by atoms with Crippen molar-refractivity contribution in [2.45, 2.75) is 226 Å². The zero-order chi connectivity index (χ0) is 53.5. The van der Waals surface area contributed by atoms with Gasteiger partial charge in [0.25, 0.3) is 0 Å². The summed E-state index contributed by atoms with van der Waals surface area (Å²) >= 11 is -2.44. The van der Waals surface area contributed by atoms with Crippen molar-refractivity contribution in [3.63, 3.8) is 0 Å². The van der Waals surface area contributed by atoms with Crippen LogP contribution in [0.2, 0.25) is 14.8 Å². The van der Waals surface area contributed by atoms with E-state index in [1.54, 1.807) is 13.8 Å². The predicted octanol–water partition coefficient (Wildman–Crippen LogP) is 10.2. The third-order valence-corrected chi connectivity index (χ3v) is 15.7. The zero-order valence-corrected chi connectivity index (χ0v) is 49.4. The Balaban J connectivity index is -0.00000125. The van der Waals surface area contributed by atoms with E-state index in [9.17, 15) is 29.1 Å². The van der Waals surface area contributed by atoms with E-state index in [1.807, 2.05) is 98.1 Å². The Kier molecular flexibility index (Phi) is 36.3. The number of nitrogens with zero attached hydrogens (tertiary/aromatic N) is 2. The first-order valence-corrected chi connectivity index (χ1v) is 35.3. The molecule has 1 aromatic carbocycles. The molecule has 0 aliphatic rings. The van der Waals surface area contributed by atoms with Crippen LogP contribution >= 0.6 is 0 Å². The minimum absolute atomic E-state index is 0.00104. The number of aliphatic carboxylic acids is 1. The summed E-state index contributed by atoms with van der Waals surface area (Å²) in [6, 6.07) is 5.09. The Labute approximate surface area is 418 Å². The summed E-state index contributed by atoms with van der Waals surface area (Å²) in [6.07, 6.45) is 9.79. The van der Waals surface area contributed by atoms with Gasteiger partial charge in [-0.25, -0.2) is 0 Å². The van der Waals surface area contributed by atoms with Crippen molar-refractivity contribution in [3.05, 3.63) is 29.3 Å². The first-order valence-electron chi connectivity index (χ1n) is 25.3. The number of unbranched alkanes of at least 4 members (excludes halogenated alkanes) is 2. The number of nitrogens with two attached hydrogens (primary N) is 1. The predicted molar refractivity (Wildman–Crippen MR) is 283 cm³/mol. The minimum Gasteiger partial charge on any atom is -0.459 e. The number of ether oxygens (including phenoxy) is 3. The average molecular weight is 1070 g/mol. The number of nitrogens with one attached hydrogen (secondary N) is 2. The average Bonchev–Trinajstić information content (AvgIpc) is 3.20. The number of hydrogen-bond acceptors (Lipinski definition) is 11. The SMILES string of the molecule is CCC(=O)OC(C)(C)C.CCC(=O)OC(C)(C)C.CCCCCC(C)CC.CCCN(CCN(CCC)C(CCC(=O)NCc1cc(C(=N)N)c[c]([Sn]([CH3])([CH3])[CH3])c1)C(=O)O)CC(=O)OC(C)(C)C. The maximum Gasteiger partial charge on any atom is 0.320 e. The van der Waals surface area contributed by atoms with Gasteiger partial charge in [-0.15, -0.1) is 0 Å². The molecule has 0 spiro atoms. The van der Waals surface area contributed by atoms with Crippen molar-refractivity contribution in [1.29, 1.82) is 5.41 Å². The number of nitrogen functional groups attached to an aromatic ring is 1. The minimum atomic E-state index is -2.44. The van der Waals surface area contributed by atoms with Crippen LogP contribution in [0.4, 0.5) is 0 Å². The van der Waals surface area contributed by atoms with Gasteiger partial charge in [-0.2, -0.15) is 0 Å². The topological polar surface area (TPSA) is 202 Å². The van der Waals surface area contributed by atoms with Gasteiger partial charge in [-0.05, 0) is 81.2 Å². The van der Waals surface area contributed by atoms with Gasteiger partial charge in [0.1, 0.15) is 16.8 Å². The quantitative estimate of drug-likeness (QED) is 0.0181. The van der Waals surface area contributed by atoms with E-state index in [-0.39, 0.29) is 60.2 Å². The molecule has 15 heteroatoms. The third-order valence-electron chi connectivity index (χ3n) is 9.97. The van der Waals surface area contributed by atoms with Crippen molar-refractivity contribution < 1.29 is 43.3 Å². The molecule has 2 unspecified atom stereocenters. The fraction of sp³-hybridized carbons (Fsp3) is 0.774. The van der Waals surface area contributed by atoms with E-state index in [1.165, 1.54) is 35.7 Å². The Morgan fingerprint density at radius 3 is 1.59 bits per heavy atom. The van der Waals surface area contributed by atoms with Crippen LogP contribution in [0.25, 0.3) is 0 Å². The maximum atomic E-state index is 12.8. The molecule has 396 valence electrons. The monoisotopic (exact) mass is 1070 g/mol. The van der Waals surface area contributed by atoms with Crippen LogP contribution in [0.3, 0.4) is 0 Å². The molecular formula is C53H101N5O9Sn. The van der Waals surface area contributed by atoms with Gasteiger partial charge in [-0.1, -0.05) is 80.6 Å². The molecule has 14 nitrogen and oxygen atoms in total. The standard InChI is InChI=1S/C27H44N5O5.C9H20.2C7H14O2.3CH3.Sn/c1-6-13-31(19-24(34)37-27(3,4)5)15-16-32(14-7-2)22(26(35)36)11-12-23(33)30-18-20-9-8-10-21(17-20)25(28)29;1-4-6-7-8-9(3)5-2;2*1-5-6(8)9-7(2,3)4;;;;/h9-10,17,22H,6-7,11-16,18-19H2,1-5H3,(H3,28,29)(H,30,33)(H,35,36);9H,4-8H2,1-3H3;2*5H2,1-4H3;3*1H3;. The van der Waals surface area contributed by atoms with Crippen molar-refractivity contribution in [2.75, 3.05) is 32.7 Å². The van der Waals surface area contributed by atoms with Crippen molar-refractivity contribution in [2.24, 2.45) is 11.7 Å². The number of amides is 1. The van der Waals surface area contributed by atoms with Crippen molar-refractivity contribution in [1.82, 2.24) is 15.1 Å². The first kappa shape index (κ1) is 69.0. The molecule has 0 aliphatic heterocycles. The second-order valence-electron chi connectivity index (χ2n) is 21.5. The molecule has 1 rings (SSSR count). The van der Waals surface area contributed by atoms with Gasteiger partial charge in [0.05, 0.1) is 6.54 Å². The first-order chi connectivity index (χ1) is 31.2. The van der Waals surface area contributed by atoms with E-state index in [0.29, 0.717) is 51.1 Å².